The number of hydrogen-bond donors (Lipinski definition) is 2. The maximum atomic E-state index is 12.6. The van der Waals surface area contributed by atoms with Crippen molar-refractivity contribution in [2.24, 2.45) is 0 Å². The Hall–Kier alpha value is -2.22. The predicted molar refractivity (Wildman–Crippen MR) is 102 cm³/mol. The van der Waals surface area contributed by atoms with Crippen LogP contribution in [-0.2, 0) is 21.2 Å². The van der Waals surface area contributed by atoms with E-state index in [0.29, 0.717) is 16.8 Å². The summed E-state index contributed by atoms with van der Waals surface area (Å²) in [6.07, 6.45) is 0.865. The van der Waals surface area contributed by atoms with Crippen molar-refractivity contribution in [2.45, 2.75) is 25.2 Å². The van der Waals surface area contributed by atoms with E-state index in [0.717, 1.165) is 12.0 Å². The normalized spacial score (nSPS) is 11.3. The Morgan fingerprint density at radius 2 is 1.92 bits per heavy atom. The summed E-state index contributed by atoms with van der Waals surface area (Å²) in [5.74, 6) is -0.343. The highest BCUT2D eigenvalue weighted by Crippen LogP contribution is 2.18. The van der Waals surface area contributed by atoms with E-state index in [4.69, 9.17) is 4.74 Å². The SMILES string of the molecule is CCc1cccc(NC(=O)c2cc(S(=O)(=O)NCCOC)ccc2C)c1. The van der Waals surface area contributed by atoms with Crippen LogP contribution in [0.3, 0.4) is 0 Å². The molecule has 2 aromatic carbocycles. The van der Waals surface area contributed by atoms with Crippen molar-refractivity contribution in [2.75, 3.05) is 25.6 Å². The van der Waals surface area contributed by atoms with Crippen molar-refractivity contribution < 1.29 is 17.9 Å². The van der Waals surface area contributed by atoms with Gasteiger partial charge in [-0.1, -0.05) is 25.1 Å². The van der Waals surface area contributed by atoms with E-state index in [1.807, 2.05) is 25.1 Å². The van der Waals surface area contributed by atoms with Gasteiger partial charge in [0.25, 0.3) is 5.91 Å². The fraction of sp³-hybridized carbons (Fsp3) is 0.316. The summed E-state index contributed by atoms with van der Waals surface area (Å²) in [5.41, 5.74) is 2.81. The molecular formula is C19H24N2O4S. The zero-order valence-corrected chi connectivity index (χ0v) is 16.0. The highest BCUT2D eigenvalue weighted by molar-refractivity contribution is 7.89. The molecule has 0 saturated heterocycles. The smallest absolute Gasteiger partial charge is 0.255 e. The largest absolute Gasteiger partial charge is 0.383 e. The third kappa shape index (κ3) is 5.14. The zero-order chi connectivity index (χ0) is 19.2. The second-order valence-electron chi connectivity index (χ2n) is 5.88. The number of aryl methyl sites for hydroxylation is 2. The second kappa shape index (κ2) is 8.93. The molecule has 7 heteroatoms. The maximum Gasteiger partial charge on any atom is 0.255 e. The molecule has 0 heterocycles. The van der Waals surface area contributed by atoms with Gasteiger partial charge in [-0.2, -0.15) is 0 Å². The lowest BCUT2D eigenvalue weighted by Gasteiger charge is -2.11. The molecule has 0 aromatic heterocycles. The molecule has 140 valence electrons. The van der Waals surface area contributed by atoms with Gasteiger partial charge in [0, 0.05) is 24.9 Å². The highest BCUT2D eigenvalue weighted by Gasteiger charge is 2.18. The average molecular weight is 376 g/mol. The Morgan fingerprint density at radius 3 is 2.62 bits per heavy atom. The number of sulfonamides is 1. The van der Waals surface area contributed by atoms with E-state index >= 15 is 0 Å². The zero-order valence-electron chi connectivity index (χ0n) is 15.2. The summed E-state index contributed by atoms with van der Waals surface area (Å²) in [7, 11) is -2.20. The molecule has 0 atom stereocenters. The summed E-state index contributed by atoms with van der Waals surface area (Å²) in [5, 5.41) is 2.83. The summed E-state index contributed by atoms with van der Waals surface area (Å²) in [6, 6.07) is 12.1. The molecule has 1 amide bonds. The minimum atomic E-state index is -3.70. The third-order valence-corrected chi connectivity index (χ3v) is 5.41. The molecule has 2 N–H and O–H groups in total. The summed E-state index contributed by atoms with van der Waals surface area (Å²) < 4.78 is 32.0. The first-order chi connectivity index (χ1) is 12.4. The lowest BCUT2D eigenvalue weighted by Crippen LogP contribution is -2.27. The average Bonchev–Trinajstić information content (AvgIpc) is 2.62. The Balaban J connectivity index is 2.24. The van der Waals surface area contributed by atoms with Crippen LogP contribution < -0.4 is 10.0 Å². The van der Waals surface area contributed by atoms with Crippen LogP contribution >= 0.6 is 0 Å². The number of hydrogen-bond acceptors (Lipinski definition) is 4. The number of anilines is 1. The van der Waals surface area contributed by atoms with Crippen molar-refractivity contribution >= 4 is 21.6 Å². The van der Waals surface area contributed by atoms with E-state index in [2.05, 4.69) is 10.0 Å². The van der Waals surface area contributed by atoms with Gasteiger partial charge in [0.05, 0.1) is 11.5 Å². The number of nitrogens with one attached hydrogen (secondary N) is 2. The monoisotopic (exact) mass is 376 g/mol. The molecule has 0 unspecified atom stereocenters. The van der Waals surface area contributed by atoms with E-state index < -0.39 is 10.0 Å². The molecule has 0 bridgehead atoms. The third-order valence-electron chi connectivity index (χ3n) is 3.96. The Bertz CT molecular complexity index is 879. The van der Waals surface area contributed by atoms with Gasteiger partial charge in [0.1, 0.15) is 0 Å². The lowest BCUT2D eigenvalue weighted by atomic mass is 10.1. The van der Waals surface area contributed by atoms with Gasteiger partial charge in [-0.05, 0) is 48.7 Å². The Morgan fingerprint density at radius 1 is 1.15 bits per heavy atom. The second-order valence-corrected chi connectivity index (χ2v) is 7.64. The van der Waals surface area contributed by atoms with Crippen molar-refractivity contribution in [1.82, 2.24) is 4.72 Å². The molecule has 0 radical (unpaired) electrons. The quantitative estimate of drug-likeness (QED) is 0.694. The molecule has 0 fully saturated rings. The van der Waals surface area contributed by atoms with Gasteiger partial charge in [-0.15, -0.1) is 0 Å². The number of carbonyl (C=O) groups excluding carboxylic acids is 1. The van der Waals surface area contributed by atoms with E-state index in [1.54, 1.807) is 19.1 Å². The van der Waals surface area contributed by atoms with Crippen LogP contribution in [0.5, 0.6) is 0 Å². The number of rotatable bonds is 8. The minimum Gasteiger partial charge on any atom is -0.383 e. The van der Waals surface area contributed by atoms with E-state index in [-0.39, 0.29) is 24.0 Å². The molecule has 6 nitrogen and oxygen atoms in total. The summed E-state index contributed by atoms with van der Waals surface area (Å²) in [4.78, 5) is 12.7. The number of benzene rings is 2. The van der Waals surface area contributed by atoms with Crippen LogP contribution in [-0.4, -0.2) is 34.6 Å². The van der Waals surface area contributed by atoms with E-state index in [9.17, 15) is 13.2 Å². The summed E-state index contributed by atoms with van der Waals surface area (Å²) in [6.45, 7) is 4.24. The van der Waals surface area contributed by atoms with Crippen LogP contribution in [0.4, 0.5) is 5.69 Å². The molecular weight excluding hydrogens is 352 g/mol. The molecule has 2 rings (SSSR count). The summed E-state index contributed by atoms with van der Waals surface area (Å²) >= 11 is 0. The minimum absolute atomic E-state index is 0.0478. The highest BCUT2D eigenvalue weighted by atomic mass is 32.2. The number of amides is 1. The fourth-order valence-corrected chi connectivity index (χ4v) is 3.48. The van der Waals surface area contributed by atoms with Crippen molar-refractivity contribution in [3.63, 3.8) is 0 Å². The topological polar surface area (TPSA) is 84.5 Å². The van der Waals surface area contributed by atoms with Gasteiger partial charge in [0.15, 0.2) is 0 Å². The predicted octanol–water partition coefficient (Wildman–Crippen LogP) is 2.73. The molecule has 0 aliphatic heterocycles. The van der Waals surface area contributed by atoms with Gasteiger partial charge in [-0.3, -0.25) is 4.79 Å². The van der Waals surface area contributed by atoms with Crippen LogP contribution in [0.15, 0.2) is 47.4 Å². The molecule has 2 aromatic rings. The van der Waals surface area contributed by atoms with E-state index in [1.165, 1.54) is 19.2 Å². The lowest BCUT2D eigenvalue weighted by molar-refractivity contribution is 0.102. The van der Waals surface area contributed by atoms with Crippen LogP contribution in [0, 0.1) is 6.92 Å². The van der Waals surface area contributed by atoms with Crippen molar-refractivity contribution in [3.05, 3.63) is 59.2 Å². The number of ether oxygens (including phenoxy) is 1. The van der Waals surface area contributed by atoms with Crippen LogP contribution in [0.25, 0.3) is 0 Å². The van der Waals surface area contributed by atoms with Crippen molar-refractivity contribution in [3.8, 4) is 0 Å². The number of methoxy groups -OCH3 is 1. The molecule has 0 saturated carbocycles. The van der Waals surface area contributed by atoms with Crippen LogP contribution in [0.1, 0.15) is 28.4 Å². The van der Waals surface area contributed by atoms with Gasteiger partial charge >= 0.3 is 0 Å². The Labute approximate surface area is 154 Å². The first kappa shape index (κ1) is 20.1. The fourth-order valence-electron chi connectivity index (χ4n) is 2.44. The molecule has 0 spiro atoms. The first-order valence-electron chi connectivity index (χ1n) is 8.37. The van der Waals surface area contributed by atoms with Crippen molar-refractivity contribution in [1.29, 1.82) is 0 Å². The maximum absolute atomic E-state index is 12.6. The molecule has 26 heavy (non-hydrogen) atoms. The van der Waals surface area contributed by atoms with Crippen LogP contribution in [0.2, 0.25) is 0 Å². The number of carbonyl (C=O) groups is 1. The molecule has 0 aliphatic carbocycles. The first-order valence-corrected chi connectivity index (χ1v) is 9.85. The van der Waals surface area contributed by atoms with Gasteiger partial charge in [0.2, 0.25) is 10.0 Å². The molecule has 0 aliphatic rings. The standard InChI is InChI=1S/C19H24N2O4S/c1-4-15-6-5-7-16(12-15)21-19(22)18-13-17(9-8-14(18)2)26(23,24)20-10-11-25-3/h5-9,12-13,20H,4,10-11H2,1-3H3,(H,21,22). The van der Waals surface area contributed by atoms with Gasteiger partial charge in [-0.25, -0.2) is 13.1 Å². The Kier molecular flexibility index (Phi) is 6.90. The van der Waals surface area contributed by atoms with Gasteiger partial charge < -0.3 is 10.1 Å².